The summed E-state index contributed by atoms with van der Waals surface area (Å²) in [5.41, 5.74) is 1.72. The number of sulfonamides is 2. The average Bonchev–Trinajstić information content (AvgIpc) is 2.86. The molecule has 4 rings (SSSR count). The number of amides is 1. The van der Waals surface area contributed by atoms with Gasteiger partial charge >= 0.3 is 0 Å². The number of carbonyl (C=O) groups is 1. The molecular weight excluding hydrogens is 553 g/mol. The van der Waals surface area contributed by atoms with Crippen molar-refractivity contribution < 1.29 is 26.0 Å². The summed E-state index contributed by atoms with van der Waals surface area (Å²) >= 11 is 5.98. The van der Waals surface area contributed by atoms with E-state index in [1.165, 1.54) is 40.7 Å². The fourth-order valence-corrected chi connectivity index (χ4v) is 7.19. The Kier molecular flexibility index (Phi) is 8.41. The molecule has 1 fully saturated rings. The number of benzene rings is 3. The second kappa shape index (κ2) is 11.4. The Labute approximate surface area is 226 Å². The molecule has 1 amide bonds. The predicted octanol–water partition coefficient (Wildman–Crippen LogP) is 4.77. The van der Waals surface area contributed by atoms with Gasteiger partial charge in [-0.15, -0.1) is 0 Å². The Balaban J connectivity index is 1.33. The second-order valence-corrected chi connectivity index (χ2v) is 13.2. The smallest absolute Gasteiger partial charge is 0.261 e. The van der Waals surface area contributed by atoms with Gasteiger partial charge in [0.2, 0.25) is 15.9 Å². The largest absolute Gasteiger partial charge is 0.326 e. The molecule has 0 aliphatic carbocycles. The molecule has 0 atom stereocenters. The van der Waals surface area contributed by atoms with Gasteiger partial charge in [0.1, 0.15) is 5.82 Å². The third kappa shape index (κ3) is 6.71. The fourth-order valence-electron chi connectivity index (χ4n) is 4.22. The minimum atomic E-state index is -3.82. The van der Waals surface area contributed by atoms with Gasteiger partial charge in [0, 0.05) is 41.0 Å². The van der Waals surface area contributed by atoms with Crippen LogP contribution in [0, 0.1) is 18.7 Å². The van der Waals surface area contributed by atoms with Gasteiger partial charge in [-0.3, -0.25) is 9.52 Å². The maximum atomic E-state index is 14.1. The van der Waals surface area contributed by atoms with E-state index in [1.807, 2.05) is 13.0 Å². The van der Waals surface area contributed by atoms with E-state index >= 15 is 0 Å². The molecule has 0 aromatic heterocycles. The molecule has 2 N–H and O–H groups in total. The molecular formula is C26H27ClFN3O5S2. The van der Waals surface area contributed by atoms with Crippen LogP contribution in [-0.2, 0) is 30.6 Å². The lowest BCUT2D eigenvalue weighted by atomic mass is 9.97. The van der Waals surface area contributed by atoms with E-state index in [4.69, 9.17) is 11.6 Å². The molecule has 0 spiro atoms. The molecule has 1 aliphatic heterocycles. The van der Waals surface area contributed by atoms with Crippen LogP contribution in [-0.4, -0.2) is 40.1 Å². The van der Waals surface area contributed by atoms with E-state index in [0.717, 1.165) is 11.6 Å². The SMILES string of the molecule is Cc1cccc(NS(=O)(=O)c2ccc(NC(=O)C3CCN(S(=O)(=O)Cc4c(F)cccc4Cl)CC3)cc2)c1. The third-order valence-corrected chi connectivity index (χ3v) is 9.87. The van der Waals surface area contributed by atoms with E-state index in [1.54, 1.807) is 18.2 Å². The van der Waals surface area contributed by atoms with Crippen LogP contribution in [0.5, 0.6) is 0 Å². The first-order chi connectivity index (χ1) is 17.9. The summed E-state index contributed by atoms with van der Waals surface area (Å²) in [5, 5.41) is 2.82. The van der Waals surface area contributed by atoms with Gasteiger partial charge in [-0.25, -0.2) is 25.5 Å². The van der Waals surface area contributed by atoms with E-state index in [2.05, 4.69) is 10.0 Å². The fraction of sp³-hybridized carbons (Fsp3) is 0.269. The van der Waals surface area contributed by atoms with Gasteiger partial charge in [0.15, 0.2) is 0 Å². The van der Waals surface area contributed by atoms with Gasteiger partial charge < -0.3 is 5.32 Å². The van der Waals surface area contributed by atoms with Crippen molar-refractivity contribution in [2.24, 2.45) is 5.92 Å². The van der Waals surface area contributed by atoms with Crippen molar-refractivity contribution in [3.05, 3.63) is 88.7 Å². The van der Waals surface area contributed by atoms with Crippen molar-refractivity contribution >= 4 is 48.9 Å². The van der Waals surface area contributed by atoms with Crippen molar-refractivity contribution in [3.63, 3.8) is 0 Å². The number of halogens is 2. The first-order valence-corrected chi connectivity index (χ1v) is 15.3. The minimum absolute atomic E-state index is 0.0467. The number of rotatable bonds is 8. The van der Waals surface area contributed by atoms with Crippen molar-refractivity contribution in [2.75, 3.05) is 23.1 Å². The Morgan fingerprint density at radius 2 is 1.63 bits per heavy atom. The van der Waals surface area contributed by atoms with E-state index in [0.29, 0.717) is 24.2 Å². The molecule has 0 radical (unpaired) electrons. The van der Waals surface area contributed by atoms with Crippen LogP contribution in [0.1, 0.15) is 24.0 Å². The highest BCUT2D eigenvalue weighted by molar-refractivity contribution is 7.92. The van der Waals surface area contributed by atoms with Crippen LogP contribution in [0.25, 0.3) is 0 Å². The zero-order valence-electron chi connectivity index (χ0n) is 20.5. The summed E-state index contributed by atoms with van der Waals surface area (Å²) in [7, 11) is -7.62. The van der Waals surface area contributed by atoms with Crippen molar-refractivity contribution in [2.45, 2.75) is 30.4 Å². The van der Waals surface area contributed by atoms with Crippen LogP contribution in [0.15, 0.2) is 71.6 Å². The normalized spacial score (nSPS) is 15.2. The third-order valence-electron chi connectivity index (χ3n) is 6.31. The number of hydrogen-bond acceptors (Lipinski definition) is 5. The number of piperidine rings is 1. The Morgan fingerprint density at radius 3 is 2.26 bits per heavy atom. The van der Waals surface area contributed by atoms with Gasteiger partial charge in [0.25, 0.3) is 10.0 Å². The summed E-state index contributed by atoms with van der Waals surface area (Å²) in [4.78, 5) is 12.8. The monoisotopic (exact) mass is 579 g/mol. The summed E-state index contributed by atoms with van der Waals surface area (Å²) in [5.74, 6) is -1.94. The molecule has 0 unspecified atom stereocenters. The molecule has 1 aliphatic rings. The van der Waals surface area contributed by atoms with Crippen LogP contribution >= 0.6 is 11.6 Å². The van der Waals surface area contributed by atoms with E-state index in [9.17, 15) is 26.0 Å². The highest BCUT2D eigenvalue weighted by Crippen LogP contribution is 2.27. The standard InChI is InChI=1S/C26H27ClFN3O5S2/c1-18-4-2-5-21(16-18)30-38(35,36)22-10-8-20(9-11-22)29-26(32)19-12-14-31(15-13-19)37(33,34)17-23-24(27)6-3-7-25(23)28/h2-11,16,19,30H,12-15,17H2,1H3,(H,29,32). The Bertz CT molecular complexity index is 1520. The minimum Gasteiger partial charge on any atom is -0.326 e. The van der Waals surface area contributed by atoms with Gasteiger partial charge in [-0.1, -0.05) is 29.8 Å². The van der Waals surface area contributed by atoms with E-state index in [-0.39, 0.29) is 34.5 Å². The lowest BCUT2D eigenvalue weighted by molar-refractivity contribution is -0.120. The second-order valence-electron chi connectivity index (χ2n) is 9.12. The van der Waals surface area contributed by atoms with Gasteiger partial charge in [-0.2, -0.15) is 0 Å². The summed E-state index contributed by atoms with van der Waals surface area (Å²) in [6, 6.07) is 16.8. The van der Waals surface area contributed by atoms with Crippen LogP contribution < -0.4 is 10.0 Å². The van der Waals surface area contributed by atoms with Crippen molar-refractivity contribution in [1.82, 2.24) is 4.31 Å². The zero-order chi connectivity index (χ0) is 27.5. The number of hydrogen-bond donors (Lipinski definition) is 2. The average molecular weight is 580 g/mol. The molecule has 0 bridgehead atoms. The number of anilines is 2. The number of carbonyl (C=O) groups excluding carboxylic acids is 1. The molecule has 3 aromatic carbocycles. The van der Waals surface area contributed by atoms with Crippen LogP contribution in [0.2, 0.25) is 5.02 Å². The number of nitrogens with zero attached hydrogens (tertiary/aromatic N) is 1. The zero-order valence-corrected chi connectivity index (χ0v) is 22.9. The summed E-state index contributed by atoms with van der Waals surface area (Å²) in [6.07, 6.45) is 0.589. The molecule has 1 saturated heterocycles. The van der Waals surface area contributed by atoms with Gasteiger partial charge in [-0.05, 0) is 73.9 Å². The Morgan fingerprint density at radius 1 is 0.974 bits per heavy atom. The number of nitrogens with one attached hydrogen (secondary N) is 2. The Hall–Kier alpha value is -2.99. The predicted molar refractivity (Wildman–Crippen MR) is 145 cm³/mol. The van der Waals surface area contributed by atoms with Crippen LogP contribution in [0.4, 0.5) is 15.8 Å². The number of aryl methyl sites for hydroxylation is 1. The summed E-state index contributed by atoms with van der Waals surface area (Å²) in [6.45, 7) is 2.10. The first-order valence-electron chi connectivity index (χ1n) is 11.9. The topological polar surface area (TPSA) is 113 Å². The molecule has 38 heavy (non-hydrogen) atoms. The lowest BCUT2D eigenvalue weighted by Crippen LogP contribution is -2.42. The molecule has 3 aromatic rings. The highest BCUT2D eigenvalue weighted by atomic mass is 35.5. The van der Waals surface area contributed by atoms with Crippen molar-refractivity contribution in [3.8, 4) is 0 Å². The highest BCUT2D eigenvalue weighted by Gasteiger charge is 2.32. The first kappa shape index (κ1) is 28.0. The molecule has 0 saturated carbocycles. The van der Waals surface area contributed by atoms with Gasteiger partial charge in [0.05, 0.1) is 10.6 Å². The molecule has 8 nitrogen and oxygen atoms in total. The lowest BCUT2D eigenvalue weighted by Gasteiger charge is -2.30. The van der Waals surface area contributed by atoms with Crippen molar-refractivity contribution in [1.29, 1.82) is 0 Å². The van der Waals surface area contributed by atoms with E-state index < -0.39 is 37.5 Å². The van der Waals surface area contributed by atoms with Crippen LogP contribution in [0.3, 0.4) is 0 Å². The molecule has 1 heterocycles. The maximum Gasteiger partial charge on any atom is 0.261 e. The molecule has 202 valence electrons. The maximum absolute atomic E-state index is 14.1. The molecule has 12 heteroatoms. The summed E-state index contributed by atoms with van der Waals surface area (Å²) < 4.78 is 68.8. The quantitative estimate of drug-likeness (QED) is 0.399.